The standard InChI is InChI=1S/C12H15N3O/c1-16-12-10-8-14-15(9-4-2-3-5-9)11(10)6-7-13-12/h6-9H,2-5H2,1H3. The molecule has 4 heteroatoms. The predicted molar refractivity (Wildman–Crippen MR) is 61.6 cm³/mol. The highest BCUT2D eigenvalue weighted by atomic mass is 16.5. The first-order valence-electron chi connectivity index (χ1n) is 5.76. The SMILES string of the molecule is COc1nccc2c1cnn2C1CCCC1. The molecule has 1 aliphatic rings. The average Bonchev–Trinajstić information content (AvgIpc) is 2.96. The van der Waals surface area contributed by atoms with Crippen LogP contribution in [0.4, 0.5) is 0 Å². The van der Waals surface area contributed by atoms with Gasteiger partial charge in [0, 0.05) is 6.20 Å². The lowest BCUT2D eigenvalue weighted by atomic mass is 10.2. The minimum absolute atomic E-state index is 0.560. The molecule has 2 aromatic heterocycles. The number of nitrogens with zero attached hydrogens (tertiary/aromatic N) is 3. The molecule has 0 N–H and O–H groups in total. The second kappa shape index (κ2) is 3.77. The van der Waals surface area contributed by atoms with Crippen LogP contribution >= 0.6 is 0 Å². The third-order valence-corrected chi connectivity index (χ3v) is 3.35. The molecule has 16 heavy (non-hydrogen) atoms. The Bertz CT molecular complexity index is 500. The molecule has 0 radical (unpaired) electrons. The molecular weight excluding hydrogens is 202 g/mol. The highest BCUT2D eigenvalue weighted by Crippen LogP contribution is 2.33. The van der Waals surface area contributed by atoms with E-state index in [1.165, 1.54) is 25.7 Å². The van der Waals surface area contributed by atoms with E-state index in [1.807, 2.05) is 12.3 Å². The Morgan fingerprint density at radius 1 is 1.38 bits per heavy atom. The van der Waals surface area contributed by atoms with Gasteiger partial charge in [0.15, 0.2) is 0 Å². The molecule has 3 rings (SSSR count). The zero-order chi connectivity index (χ0) is 11.0. The Morgan fingerprint density at radius 3 is 2.94 bits per heavy atom. The minimum atomic E-state index is 0.560. The van der Waals surface area contributed by atoms with Gasteiger partial charge in [0.05, 0.1) is 30.3 Å². The number of fused-ring (bicyclic) bond motifs is 1. The molecule has 2 heterocycles. The number of methoxy groups -OCH3 is 1. The van der Waals surface area contributed by atoms with Gasteiger partial charge in [0.25, 0.3) is 0 Å². The van der Waals surface area contributed by atoms with E-state index in [0.29, 0.717) is 11.9 Å². The average molecular weight is 217 g/mol. The van der Waals surface area contributed by atoms with Crippen molar-refractivity contribution in [1.29, 1.82) is 0 Å². The van der Waals surface area contributed by atoms with E-state index in [4.69, 9.17) is 4.74 Å². The van der Waals surface area contributed by atoms with Gasteiger partial charge in [0.2, 0.25) is 5.88 Å². The Kier molecular flexibility index (Phi) is 2.27. The number of ether oxygens (including phenoxy) is 1. The number of pyridine rings is 1. The van der Waals surface area contributed by atoms with E-state index >= 15 is 0 Å². The Labute approximate surface area is 94.2 Å². The molecule has 0 aromatic carbocycles. The van der Waals surface area contributed by atoms with Gasteiger partial charge in [0.1, 0.15) is 0 Å². The van der Waals surface area contributed by atoms with Gasteiger partial charge in [-0.15, -0.1) is 0 Å². The number of hydrogen-bond acceptors (Lipinski definition) is 3. The fraction of sp³-hybridized carbons (Fsp3) is 0.500. The Morgan fingerprint density at radius 2 is 2.19 bits per heavy atom. The highest BCUT2D eigenvalue weighted by molar-refractivity contribution is 5.83. The highest BCUT2D eigenvalue weighted by Gasteiger charge is 2.20. The summed E-state index contributed by atoms with van der Waals surface area (Å²) in [6, 6.07) is 2.58. The zero-order valence-corrected chi connectivity index (χ0v) is 9.39. The van der Waals surface area contributed by atoms with Crippen LogP contribution in [-0.2, 0) is 0 Å². The molecule has 0 amide bonds. The van der Waals surface area contributed by atoms with Crippen molar-refractivity contribution in [1.82, 2.24) is 14.8 Å². The molecule has 1 fully saturated rings. The van der Waals surface area contributed by atoms with Gasteiger partial charge in [-0.1, -0.05) is 12.8 Å². The van der Waals surface area contributed by atoms with Crippen LogP contribution in [0.15, 0.2) is 18.5 Å². The van der Waals surface area contributed by atoms with Crippen LogP contribution in [0.3, 0.4) is 0 Å². The third kappa shape index (κ3) is 1.37. The summed E-state index contributed by atoms with van der Waals surface area (Å²) in [7, 11) is 1.65. The summed E-state index contributed by atoms with van der Waals surface area (Å²) in [5, 5.41) is 5.49. The first-order valence-corrected chi connectivity index (χ1v) is 5.76. The van der Waals surface area contributed by atoms with Gasteiger partial charge >= 0.3 is 0 Å². The first kappa shape index (κ1) is 9.63. The zero-order valence-electron chi connectivity index (χ0n) is 9.39. The smallest absolute Gasteiger partial charge is 0.224 e. The maximum atomic E-state index is 5.24. The third-order valence-electron chi connectivity index (χ3n) is 3.35. The van der Waals surface area contributed by atoms with Crippen molar-refractivity contribution in [3.8, 4) is 5.88 Å². The van der Waals surface area contributed by atoms with E-state index in [-0.39, 0.29) is 0 Å². The largest absolute Gasteiger partial charge is 0.480 e. The van der Waals surface area contributed by atoms with Gasteiger partial charge in [-0.3, -0.25) is 4.68 Å². The van der Waals surface area contributed by atoms with Crippen molar-refractivity contribution in [2.45, 2.75) is 31.7 Å². The number of hydrogen-bond donors (Lipinski definition) is 0. The maximum absolute atomic E-state index is 5.24. The Balaban J connectivity index is 2.12. The van der Waals surface area contributed by atoms with Crippen molar-refractivity contribution >= 4 is 10.9 Å². The van der Waals surface area contributed by atoms with Crippen molar-refractivity contribution in [3.63, 3.8) is 0 Å². The molecule has 0 atom stereocenters. The first-order chi connectivity index (χ1) is 7.90. The van der Waals surface area contributed by atoms with E-state index in [9.17, 15) is 0 Å². The quantitative estimate of drug-likeness (QED) is 0.776. The van der Waals surface area contributed by atoms with Crippen LogP contribution in [0.5, 0.6) is 5.88 Å². The van der Waals surface area contributed by atoms with Crippen LogP contribution in [0, 0.1) is 0 Å². The normalized spacial score (nSPS) is 17.1. The molecular formula is C12H15N3O. The molecule has 1 aliphatic carbocycles. The van der Waals surface area contributed by atoms with Crippen molar-refractivity contribution in [2.24, 2.45) is 0 Å². The second-order valence-electron chi connectivity index (χ2n) is 4.28. The monoisotopic (exact) mass is 217 g/mol. The Hall–Kier alpha value is -1.58. The summed E-state index contributed by atoms with van der Waals surface area (Å²) in [5.41, 5.74) is 1.14. The van der Waals surface area contributed by atoms with Crippen LogP contribution in [0.1, 0.15) is 31.7 Å². The van der Waals surface area contributed by atoms with Gasteiger partial charge in [-0.05, 0) is 18.9 Å². The number of aromatic nitrogens is 3. The van der Waals surface area contributed by atoms with Crippen molar-refractivity contribution in [2.75, 3.05) is 7.11 Å². The van der Waals surface area contributed by atoms with Crippen LogP contribution < -0.4 is 4.74 Å². The van der Waals surface area contributed by atoms with E-state index in [0.717, 1.165) is 10.9 Å². The lowest BCUT2D eigenvalue weighted by Crippen LogP contribution is -2.05. The van der Waals surface area contributed by atoms with Crippen molar-refractivity contribution in [3.05, 3.63) is 18.5 Å². The van der Waals surface area contributed by atoms with Gasteiger partial charge in [-0.2, -0.15) is 5.10 Å². The molecule has 0 spiro atoms. The fourth-order valence-electron chi connectivity index (χ4n) is 2.55. The lowest BCUT2D eigenvalue weighted by molar-refractivity contribution is 0.403. The maximum Gasteiger partial charge on any atom is 0.224 e. The summed E-state index contributed by atoms with van der Waals surface area (Å²) in [6.07, 6.45) is 8.75. The van der Waals surface area contributed by atoms with Gasteiger partial charge in [-0.25, -0.2) is 4.98 Å². The van der Waals surface area contributed by atoms with Crippen LogP contribution in [0.2, 0.25) is 0 Å². The molecule has 2 aromatic rings. The van der Waals surface area contributed by atoms with Gasteiger partial charge < -0.3 is 4.74 Å². The summed E-state index contributed by atoms with van der Waals surface area (Å²) in [5.74, 6) is 0.668. The summed E-state index contributed by atoms with van der Waals surface area (Å²) < 4.78 is 7.37. The van der Waals surface area contributed by atoms with E-state index < -0.39 is 0 Å². The van der Waals surface area contributed by atoms with Crippen LogP contribution in [0.25, 0.3) is 10.9 Å². The van der Waals surface area contributed by atoms with Crippen molar-refractivity contribution < 1.29 is 4.74 Å². The summed E-state index contributed by atoms with van der Waals surface area (Å²) in [6.45, 7) is 0. The molecule has 0 aliphatic heterocycles. The van der Waals surface area contributed by atoms with E-state index in [2.05, 4.69) is 14.8 Å². The molecule has 1 saturated carbocycles. The fourth-order valence-corrected chi connectivity index (χ4v) is 2.55. The minimum Gasteiger partial charge on any atom is -0.480 e. The molecule has 0 bridgehead atoms. The van der Waals surface area contributed by atoms with Crippen LogP contribution in [-0.4, -0.2) is 21.9 Å². The lowest BCUT2D eigenvalue weighted by Gasteiger charge is -2.11. The second-order valence-corrected chi connectivity index (χ2v) is 4.28. The summed E-state index contributed by atoms with van der Waals surface area (Å²) >= 11 is 0. The topological polar surface area (TPSA) is 39.9 Å². The molecule has 0 unspecified atom stereocenters. The molecule has 0 saturated heterocycles. The predicted octanol–water partition coefficient (Wildman–Crippen LogP) is 2.56. The molecule has 84 valence electrons. The van der Waals surface area contributed by atoms with E-state index in [1.54, 1.807) is 13.3 Å². The number of rotatable bonds is 2. The summed E-state index contributed by atoms with van der Waals surface area (Å²) in [4.78, 5) is 4.19. The molecule has 4 nitrogen and oxygen atoms in total.